The number of sulfone groups is 1. The number of fused-ring (bicyclic) bond motifs is 8. The summed E-state index contributed by atoms with van der Waals surface area (Å²) in [6, 6.07) is 12.8. The van der Waals surface area contributed by atoms with Crippen molar-refractivity contribution in [1.82, 2.24) is 19.7 Å². The first kappa shape index (κ1) is 36.3. The molecule has 1 aliphatic heterocycles. The van der Waals surface area contributed by atoms with E-state index in [2.05, 4.69) is 10.1 Å². The Labute approximate surface area is 328 Å². The van der Waals surface area contributed by atoms with Gasteiger partial charge < -0.3 is 23.9 Å². The van der Waals surface area contributed by atoms with Gasteiger partial charge in [-0.05, 0) is 81.0 Å². The minimum Gasteiger partial charge on any atom is -0.482 e. The number of halogens is 2. The predicted octanol–water partition coefficient (Wildman–Crippen LogP) is 7.38. The summed E-state index contributed by atoms with van der Waals surface area (Å²) in [7, 11) is -4.32. The van der Waals surface area contributed by atoms with Crippen LogP contribution < -0.4 is 9.47 Å². The molecule has 0 aliphatic carbocycles. The molecule has 5 aromatic rings. The molecule has 0 saturated heterocycles. The lowest BCUT2D eigenvalue weighted by atomic mass is 9.75. The van der Waals surface area contributed by atoms with Crippen molar-refractivity contribution in [2.45, 2.75) is 71.0 Å². The predicted molar refractivity (Wildman–Crippen MR) is 205 cm³/mol. The summed E-state index contributed by atoms with van der Waals surface area (Å²) in [6.45, 7) is 5.24. The Morgan fingerprint density at radius 1 is 1.04 bits per heavy atom. The van der Waals surface area contributed by atoms with Gasteiger partial charge in [0.25, 0.3) is 0 Å². The van der Waals surface area contributed by atoms with Crippen molar-refractivity contribution < 1.29 is 49.8 Å². The fourth-order valence-corrected chi connectivity index (χ4v) is 9.41. The van der Waals surface area contributed by atoms with Gasteiger partial charge in [-0.1, -0.05) is 32.4 Å². The van der Waals surface area contributed by atoms with E-state index in [1.807, 2.05) is 0 Å². The second-order valence-corrected chi connectivity index (χ2v) is 16.9. The molecule has 3 heterocycles. The van der Waals surface area contributed by atoms with Crippen LogP contribution in [0.15, 0.2) is 60.8 Å². The van der Waals surface area contributed by atoms with Crippen molar-refractivity contribution in [3.63, 3.8) is 0 Å². The highest BCUT2D eigenvalue weighted by Crippen LogP contribution is 2.42. The number of aromatic nitrogens is 4. The maximum atomic E-state index is 16.1. The minimum absolute atomic E-state index is 0.00273. The summed E-state index contributed by atoms with van der Waals surface area (Å²) in [4.78, 5) is 33.3. The van der Waals surface area contributed by atoms with Gasteiger partial charge in [0.15, 0.2) is 44.9 Å². The van der Waals surface area contributed by atoms with Crippen LogP contribution in [0.1, 0.15) is 74.9 Å². The zero-order valence-electron chi connectivity index (χ0n) is 34.8. The monoisotopic (exact) mass is 795 g/mol. The number of carbonyl (C=O) groups excluding carboxylic acids is 2. The lowest BCUT2D eigenvalue weighted by molar-refractivity contribution is -0.145. The van der Waals surface area contributed by atoms with Gasteiger partial charge in [0, 0.05) is 46.2 Å². The summed E-state index contributed by atoms with van der Waals surface area (Å²) in [5.74, 6) is -4.46. The number of aryl methyl sites for hydroxylation is 1. The molecular weight excluding hydrogens is 747 g/mol. The number of H-pyrrole nitrogens is 1. The number of esters is 2. The highest BCUT2D eigenvalue weighted by Gasteiger charge is 2.41. The Bertz CT molecular complexity index is 2490. The van der Waals surface area contributed by atoms with Crippen LogP contribution in [0.25, 0.3) is 22.3 Å². The molecule has 1 aliphatic rings. The molecule has 56 heavy (non-hydrogen) atoms. The Morgan fingerprint density at radius 2 is 1.82 bits per heavy atom. The number of nitrogens with one attached hydrogen (secondary N) is 1. The van der Waals surface area contributed by atoms with Crippen molar-refractivity contribution in [3.8, 4) is 28.6 Å². The van der Waals surface area contributed by atoms with Crippen LogP contribution in [0, 0.1) is 17.0 Å². The maximum Gasteiger partial charge on any atom is 0.344 e. The number of benzene rings is 3. The quantitative estimate of drug-likeness (QED) is 0.165. The molecule has 3 aromatic carbocycles. The van der Waals surface area contributed by atoms with Gasteiger partial charge >= 0.3 is 11.9 Å². The van der Waals surface area contributed by atoms with Gasteiger partial charge in [-0.3, -0.25) is 4.79 Å². The third-order valence-corrected chi connectivity index (χ3v) is 12.4. The molecule has 2 aromatic heterocycles. The Balaban J connectivity index is 1.57. The molecule has 4 bridgehead atoms. The largest absolute Gasteiger partial charge is 0.482 e. The normalized spacial score (nSPS) is 20.6. The molecular formula is C41H46F2N4O8S. The molecule has 0 radical (unpaired) electrons. The van der Waals surface area contributed by atoms with E-state index in [-0.39, 0.29) is 61.2 Å². The third-order valence-electron chi connectivity index (χ3n) is 9.99. The number of hydrogen-bond acceptors (Lipinski definition) is 10. The molecule has 0 spiro atoms. The first-order chi connectivity index (χ1) is 27.8. The van der Waals surface area contributed by atoms with Crippen LogP contribution in [-0.4, -0.2) is 70.9 Å². The zero-order valence-corrected chi connectivity index (χ0v) is 32.6. The molecule has 15 heteroatoms. The highest BCUT2D eigenvalue weighted by molar-refractivity contribution is 7.92. The number of nitrogens with zero attached hydrogens (tertiary/aromatic N) is 3. The van der Waals surface area contributed by atoms with Crippen LogP contribution in [0.5, 0.6) is 17.2 Å². The second-order valence-electron chi connectivity index (χ2n) is 14.7. The van der Waals surface area contributed by atoms with E-state index < -0.39 is 74.4 Å². The van der Waals surface area contributed by atoms with E-state index in [4.69, 9.17) is 28.0 Å². The van der Waals surface area contributed by atoms with Crippen molar-refractivity contribution in [1.29, 1.82) is 0 Å². The van der Waals surface area contributed by atoms with E-state index in [0.717, 1.165) is 18.2 Å². The standard InChI is InChI=1S/C41H46F2N4O8S/c1-7-52-35(48)23-54-26-12-9-11-25(19-26)41(5)17-10-16-40(3,4)24-56(50,51)34(38(49)53-8-2)21-29-28-15-18-44-33(28)22-32(43)36(29)55-27-13-14-31(42)30(20-27)37-45-39(41)46-47(37)6/h9,11-15,18-20,22,34,44H,7-8,10,16-17,21,23-24H2,1-6H3/i6D3. The van der Waals surface area contributed by atoms with Crippen LogP contribution in [0.2, 0.25) is 0 Å². The molecule has 12 nitrogen and oxygen atoms in total. The molecule has 1 N–H and O–H groups in total. The van der Waals surface area contributed by atoms with Crippen molar-refractivity contribution in [2.75, 3.05) is 25.6 Å². The Kier molecular flexibility index (Phi) is 10.4. The average molecular weight is 796 g/mol. The molecule has 2 unspecified atom stereocenters. The van der Waals surface area contributed by atoms with Crippen LogP contribution in [-0.2, 0) is 47.7 Å². The van der Waals surface area contributed by atoms with Crippen LogP contribution in [0.3, 0.4) is 0 Å². The topological polar surface area (TPSA) is 152 Å². The maximum absolute atomic E-state index is 16.1. The van der Waals surface area contributed by atoms with Crippen LogP contribution >= 0.6 is 0 Å². The first-order valence-electron chi connectivity index (χ1n) is 19.8. The Hall–Kier alpha value is -5.31. The van der Waals surface area contributed by atoms with Gasteiger partial charge in [-0.2, -0.15) is 5.10 Å². The van der Waals surface area contributed by atoms with Gasteiger partial charge in [0.1, 0.15) is 17.3 Å². The van der Waals surface area contributed by atoms with Crippen LogP contribution in [0.4, 0.5) is 8.78 Å². The molecule has 0 fully saturated rings. The lowest BCUT2D eigenvalue weighted by Gasteiger charge is -2.31. The summed E-state index contributed by atoms with van der Waals surface area (Å²) in [5.41, 5.74) is -1.57. The van der Waals surface area contributed by atoms with Crippen molar-refractivity contribution >= 4 is 32.7 Å². The van der Waals surface area contributed by atoms with Crippen molar-refractivity contribution in [3.05, 3.63) is 89.4 Å². The number of carbonyl (C=O) groups is 2. The second kappa shape index (κ2) is 16.0. The number of rotatable bonds is 7. The first-order valence-corrected chi connectivity index (χ1v) is 20.0. The van der Waals surface area contributed by atoms with E-state index in [1.54, 1.807) is 65.0 Å². The van der Waals surface area contributed by atoms with E-state index in [0.29, 0.717) is 33.3 Å². The fraction of sp³-hybridized carbons (Fsp3) is 0.415. The third kappa shape index (κ3) is 8.42. The molecule has 0 amide bonds. The fourth-order valence-electron chi connectivity index (χ4n) is 7.19. The molecule has 2 atom stereocenters. The van der Waals surface area contributed by atoms with E-state index in [1.165, 1.54) is 12.3 Å². The summed E-state index contributed by atoms with van der Waals surface area (Å²) in [6.07, 6.45) is 1.87. The molecule has 298 valence electrons. The van der Waals surface area contributed by atoms with E-state index in [9.17, 15) is 18.0 Å². The van der Waals surface area contributed by atoms with Gasteiger partial charge in [-0.25, -0.2) is 31.7 Å². The molecule has 6 rings (SSSR count). The van der Waals surface area contributed by atoms with Gasteiger partial charge in [-0.15, -0.1) is 0 Å². The van der Waals surface area contributed by atoms with Gasteiger partial charge in [0.2, 0.25) is 0 Å². The van der Waals surface area contributed by atoms with Gasteiger partial charge in [0.05, 0.1) is 29.9 Å². The molecule has 0 saturated carbocycles. The average Bonchev–Trinajstić information content (AvgIpc) is 3.82. The SMILES string of the molecule is [2H]C([2H])([2H])n1nc2nc1-c1cc(ccc1F)Oc1c(F)cc3[nH]ccc3c1CC(C(=O)OCC)S(=O)(=O)CC(C)(C)CCCC2(C)c1cccc(OCC(=O)OCC)c1. The van der Waals surface area contributed by atoms with Crippen molar-refractivity contribution in [2.24, 2.45) is 12.4 Å². The minimum atomic E-state index is -4.32. The smallest absolute Gasteiger partial charge is 0.344 e. The Morgan fingerprint density at radius 3 is 2.57 bits per heavy atom. The summed E-state index contributed by atoms with van der Waals surface area (Å²) < 4.78 is 109. The summed E-state index contributed by atoms with van der Waals surface area (Å²) >= 11 is 0. The zero-order chi connectivity index (χ0) is 42.9. The highest BCUT2D eigenvalue weighted by atomic mass is 32.2. The number of ether oxygens (including phenoxy) is 4. The number of aromatic amines is 1. The van der Waals surface area contributed by atoms with E-state index >= 15 is 8.78 Å². The lowest BCUT2D eigenvalue weighted by Crippen LogP contribution is -2.39. The number of hydrogen-bond donors (Lipinski definition) is 1. The summed E-state index contributed by atoms with van der Waals surface area (Å²) in [5, 5.41) is 3.12.